The number of carbonyl (C=O) groups is 2. The van der Waals surface area contributed by atoms with Crippen LogP contribution in [0.2, 0.25) is 5.02 Å². The average molecular weight is 415 g/mol. The van der Waals surface area contributed by atoms with Gasteiger partial charge < -0.3 is 14.5 Å². The Morgan fingerprint density at radius 1 is 1.03 bits per heavy atom. The third-order valence-corrected chi connectivity index (χ3v) is 6.31. The summed E-state index contributed by atoms with van der Waals surface area (Å²) in [5.41, 5.74) is 2.62. The van der Waals surface area contributed by atoms with E-state index in [0.717, 1.165) is 43.2 Å². The van der Waals surface area contributed by atoms with Gasteiger partial charge in [-0.05, 0) is 55.0 Å². The van der Waals surface area contributed by atoms with Crippen molar-refractivity contribution in [2.75, 3.05) is 43.1 Å². The third kappa shape index (κ3) is 3.82. The van der Waals surface area contributed by atoms with Gasteiger partial charge in [0.15, 0.2) is 6.04 Å². The Bertz CT molecular complexity index is 923. The van der Waals surface area contributed by atoms with E-state index in [4.69, 9.17) is 16.3 Å². The molecule has 2 aliphatic heterocycles. The van der Waals surface area contributed by atoms with Gasteiger partial charge in [-0.15, -0.1) is 0 Å². The second-order valence-electron chi connectivity index (χ2n) is 7.60. The molecule has 0 unspecified atom stereocenters. The molecule has 2 heterocycles. The number of imide groups is 1. The SMILES string of the molecule is COc1ccc(N2CC[NH+]([C@H]3CC(=O)N(c4ccc(Cl)c(C)c4)C3=O)CC2)cc1. The molecule has 4 rings (SSSR count). The van der Waals surface area contributed by atoms with Gasteiger partial charge in [0.05, 0.1) is 45.4 Å². The van der Waals surface area contributed by atoms with E-state index in [-0.39, 0.29) is 24.3 Å². The first-order valence-electron chi connectivity index (χ1n) is 9.84. The number of nitrogens with one attached hydrogen (secondary N) is 1. The van der Waals surface area contributed by atoms with Crippen LogP contribution in [-0.2, 0) is 9.59 Å². The molecule has 1 atom stereocenters. The van der Waals surface area contributed by atoms with Crippen LogP contribution in [0.4, 0.5) is 11.4 Å². The van der Waals surface area contributed by atoms with Crippen LogP contribution < -0.4 is 19.4 Å². The topological polar surface area (TPSA) is 54.3 Å². The van der Waals surface area contributed by atoms with Crippen molar-refractivity contribution in [2.45, 2.75) is 19.4 Å². The van der Waals surface area contributed by atoms with Crippen LogP contribution in [0.5, 0.6) is 5.75 Å². The molecule has 0 radical (unpaired) electrons. The quantitative estimate of drug-likeness (QED) is 0.774. The zero-order valence-electron chi connectivity index (χ0n) is 16.7. The number of hydrogen-bond acceptors (Lipinski definition) is 4. The van der Waals surface area contributed by atoms with E-state index in [0.29, 0.717) is 10.7 Å². The Hall–Kier alpha value is -2.57. The summed E-state index contributed by atoms with van der Waals surface area (Å²) in [5.74, 6) is 0.599. The number of halogens is 1. The Morgan fingerprint density at radius 2 is 1.69 bits per heavy atom. The van der Waals surface area contributed by atoms with E-state index in [1.54, 1.807) is 25.3 Å². The number of amides is 2. The Kier molecular flexibility index (Phi) is 5.48. The summed E-state index contributed by atoms with van der Waals surface area (Å²) < 4.78 is 5.22. The molecule has 2 aromatic carbocycles. The first-order valence-corrected chi connectivity index (χ1v) is 10.2. The molecule has 0 bridgehead atoms. The molecule has 0 spiro atoms. The van der Waals surface area contributed by atoms with Crippen molar-refractivity contribution < 1.29 is 19.2 Å². The number of methoxy groups -OCH3 is 1. The number of quaternary nitrogens is 1. The van der Waals surface area contributed by atoms with Gasteiger partial charge in [-0.25, -0.2) is 4.90 Å². The van der Waals surface area contributed by atoms with Crippen LogP contribution in [0.1, 0.15) is 12.0 Å². The monoisotopic (exact) mass is 414 g/mol. The highest BCUT2D eigenvalue weighted by Gasteiger charge is 2.46. The molecule has 2 aliphatic rings. The molecule has 7 heteroatoms. The second kappa shape index (κ2) is 8.05. The number of anilines is 2. The maximum Gasteiger partial charge on any atom is 0.292 e. The van der Waals surface area contributed by atoms with Gasteiger partial charge in [-0.2, -0.15) is 0 Å². The molecule has 6 nitrogen and oxygen atoms in total. The van der Waals surface area contributed by atoms with Gasteiger partial charge >= 0.3 is 0 Å². The summed E-state index contributed by atoms with van der Waals surface area (Å²) >= 11 is 6.09. The fraction of sp³-hybridized carbons (Fsp3) is 0.364. The normalized spacial score (nSPS) is 20.4. The molecule has 152 valence electrons. The lowest BCUT2D eigenvalue weighted by Gasteiger charge is -2.35. The minimum Gasteiger partial charge on any atom is -0.497 e. The zero-order valence-corrected chi connectivity index (χ0v) is 17.4. The lowest BCUT2D eigenvalue weighted by molar-refractivity contribution is -0.915. The van der Waals surface area contributed by atoms with Crippen LogP contribution in [0.15, 0.2) is 42.5 Å². The van der Waals surface area contributed by atoms with E-state index in [9.17, 15) is 9.59 Å². The molecule has 29 heavy (non-hydrogen) atoms. The van der Waals surface area contributed by atoms with Gasteiger partial charge in [-0.1, -0.05) is 11.6 Å². The predicted octanol–water partition coefficient (Wildman–Crippen LogP) is 1.69. The number of hydrogen-bond donors (Lipinski definition) is 1. The highest BCUT2D eigenvalue weighted by molar-refractivity contribution is 6.31. The fourth-order valence-electron chi connectivity index (χ4n) is 4.18. The van der Waals surface area contributed by atoms with E-state index < -0.39 is 0 Å². The number of ether oxygens (including phenoxy) is 1. The largest absolute Gasteiger partial charge is 0.497 e. The van der Waals surface area contributed by atoms with Crippen LogP contribution in [0.25, 0.3) is 0 Å². The fourth-order valence-corrected chi connectivity index (χ4v) is 4.30. The predicted molar refractivity (Wildman–Crippen MR) is 113 cm³/mol. The number of benzene rings is 2. The lowest BCUT2D eigenvalue weighted by atomic mass is 10.1. The maximum absolute atomic E-state index is 13.1. The van der Waals surface area contributed by atoms with E-state index in [1.165, 1.54) is 9.80 Å². The summed E-state index contributed by atoms with van der Waals surface area (Å²) in [6, 6.07) is 13.0. The summed E-state index contributed by atoms with van der Waals surface area (Å²) in [6.45, 7) is 5.21. The van der Waals surface area contributed by atoms with Crippen LogP contribution in [0, 0.1) is 6.92 Å². The number of rotatable bonds is 4. The van der Waals surface area contributed by atoms with E-state index in [1.807, 2.05) is 19.1 Å². The van der Waals surface area contributed by atoms with Gasteiger partial charge in [-0.3, -0.25) is 9.59 Å². The average Bonchev–Trinajstić information content (AvgIpc) is 3.04. The minimum atomic E-state index is -0.309. The molecule has 1 N–H and O–H groups in total. The maximum atomic E-state index is 13.1. The van der Waals surface area contributed by atoms with Crippen molar-refractivity contribution in [2.24, 2.45) is 0 Å². The molecule has 2 saturated heterocycles. The van der Waals surface area contributed by atoms with Crippen molar-refractivity contribution in [3.05, 3.63) is 53.1 Å². The van der Waals surface area contributed by atoms with E-state index >= 15 is 0 Å². The summed E-state index contributed by atoms with van der Waals surface area (Å²) in [7, 11) is 1.66. The van der Waals surface area contributed by atoms with Crippen molar-refractivity contribution in [3.63, 3.8) is 0 Å². The highest BCUT2D eigenvalue weighted by atomic mass is 35.5. The number of piperazine rings is 1. The van der Waals surface area contributed by atoms with Crippen molar-refractivity contribution >= 4 is 34.8 Å². The molecule has 0 aliphatic carbocycles. The standard InChI is InChI=1S/C22H24ClN3O3/c1-15-13-17(5-8-19(15)23)26-21(27)14-20(22(26)28)25-11-9-24(10-12-25)16-3-6-18(29-2)7-4-16/h3-8,13,20H,9-12,14H2,1-2H3/p+1/t20-/m0/s1. The highest BCUT2D eigenvalue weighted by Crippen LogP contribution is 2.26. The third-order valence-electron chi connectivity index (χ3n) is 5.88. The lowest BCUT2D eigenvalue weighted by Crippen LogP contribution is -3.19. The Morgan fingerprint density at radius 3 is 2.31 bits per heavy atom. The van der Waals surface area contributed by atoms with Crippen molar-refractivity contribution in [3.8, 4) is 5.75 Å². The van der Waals surface area contributed by atoms with Crippen molar-refractivity contribution in [1.29, 1.82) is 0 Å². The molecule has 0 aromatic heterocycles. The number of aryl methyl sites for hydroxylation is 1. The first kappa shape index (κ1) is 19.7. The van der Waals surface area contributed by atoms with E-state index in [2.05, 4.69) is 17.0 Å². The van der Waals surface area contributed by atoms with Crippen LogP contribution >= 0.6 is 11.6 Å². The minimum absolute atomic E-state index is 0.107. The summed E-state index contributed by atoms with van der Waals surface area (Å²) in [4.78, 5) is 30.5. The molecule has 0 saturated carbocycles. The number of nitrogens with zero attached hydrogens (tertiary/aromatic N) is 2. The van der Waals surface area contributed by atoms with Crippen molar-refractivity contribution in [1.82, 2.24) is 0 Å². The smallest absolute Gasteiger partial charge is 0.292 e. The van der Waals surface area contributed by atoms with Crippen LogP contribution in [-0.4, -0.2) is 51.1 Å². The Balaban J connectivity index is 1.42. The Labute approximate surface area is 175 Å². The van der Waals surface area contributed by atoms with Gasteiger partial charge in [0.2, 0.25) is 5.91 Å². The number of carbonyl (C=O) groups excluding carboxylic acids is 2. The summed E-state index contributed by atoms with van der Waals surface area (Å²) in [6.07, 6.45) is 0.262. The molecular weight excluding hydrogens is 390 g/mol. The van der Waals surface area contributed by atoms with Crippen LogP contribution in [0.3, 0.4) is 0 Å². The second-order valence-corrected chi connectivity index (χ2v) is 8.01. The zero-order chi connectivity index (χ0) is 20.5. The van der Waals surface area contributed by atoms with Gasteiger partial charge in [0, 0.05) is 10.7 Å². The molecule has 2 amide bonds. The molecule has 2 aromatic rings. The molecular formula is C22H25ClN3O3+. The summed E-state index contributed by atoms with van der Waals surface area (Å²) in [5, 5.41) is 0.629. The van der Waals surface area contributed by atoms with Gasteiger partial charge in [0.1, 0.15) is 5.75 Å². The first-order chi connectivity index (χ1) is 14.0. The van der Waals surface area contributed by atoms with Gasteiger partial charge in [0.25, 0.3) is 5.91 Å². The molecule has 2 fully saturated rings.